The molecule has 1 aliphatic carbocycles. The molecule has 5 nitrogen and oxygen atoms in total. The number of aliphatic hydroxyl groups is 1. The van der Waals surface area contributed by atoms with Gasteiger partial charge >= 0.3 is 0 Å². The molecule has 1 atom stereocenters. The predicted octanol–water partition coefficient (Wildman–Crippen LogP) is 2.92. The highest BCUT2D eigenvalue weighted by atomic mass is 35.5. The van der Waals surface area contributed by atoms with E-state index in [1.54, 1.807) is 6.07 Å². The van der Waals surface area contributed by atoms with Crippen molar-refractivity contribution in [3.8, 4) is 5.75 Å². The Morgan fingerprint density at radius 2 is 1.92 bits per heavy atom. The summed E-state index contributed by atoms with van der Waals surface area (Å²) in [7, 11) is -2.50. The zero-order valence-corrected chi connectivity index (χ0v) is 15.3. The third-order valence-electron chi connectivity index (χ3n) is 4.47. The fourth-order valence-electron chi connectivity index (χ4n) is 2.91. The standard InChI is InChI=1S/C18H20ClNO4S/c1-24-16-10-9-15(19)11-17(16)25(22,23)20-12-18(21,14-7-8-14)13-5-3-2-4-6-13/h2-6,9-11,14,20-21H,7-8,12H2,1H3. The summed E-state index contributed by atoms with van der Waals surface area (Å²) in [5, 5.41) is 11.4. The summed E-state index contributed by atoms with van der Waals surface area (Å²) < 4.78 is 33.1. The maximum atomic E-state index is 12.7. The number of methoxy groups -OCH3 is 1. The molecular weight excluding hydrogens is 362 g/mol. The molecule has 0 radical (unpaired) electrons. The SMILES string of the molecule is COc1ccc(Cl)cc1S(=O)(=O)NCC(O)(c1ccccc1)C1CC1. The predicted molar refractivity (Wildman–Crippen MR) is 96.3 cm³/mol. The van der Waals surface area contributed by atoms with Crippen molar-refractivity contribution in [1.29, 1.82) is 0 Å². The molecule has 3 rings (SSSR count). The number of rotatable bonds is 7. The van der Waals surface area contributed by atoms with Crippen LogP contribution in [0.2, 0.25) is 5.02 Å². The van der Waals surface area contributed by atoms with Crippen LogP contribution < -0.4 is 9.46 Å². The fraction of sp³-hybridized carbons (Fsp3) is 0.333. The monoisotopic (exact) mass is 381 g/mol. The Labute approximate surface area is 152 Å². The molecule has 25 heavy (non-hydrogen) atoms. The third-order valence-corrected chi connectivity index (χ3v) is 6.13. The smallest absolute Gasteiger partial charge is 0.244 e. The van der Waals surface area contributed by atoms with Gasteiger partial charge in [-0.3, -0.25) is 0 Å². The summed E-state index contributed by atoms with van der Waals surface area (Å²) in [6.07, 6.45) is 1.74. The van der Waals surface area contributed by atoms with Gasteiger partial charge in [0.25, 0.3) is 0 Å². The van der Waals surface area contributed by atoms with Crippen molar-refractivity contribution in [3.05, 3.63) is 59.1 Å². The average molecular weight is 382 g/mol. The van der Waals surface area contributed by atoms with Crippen molar-refractivity contribution < 1.29 is 18.3 Å². The van der Waals surface area contributed by atoms with E-state index in [9.17, 15) is 13.5 Å². The molecular formula is C18H20ClNO4S. The van der Waals surface area contributed by atoms with E-state index in [-0.39, 0.29) is 23.1 Å². The first-order valence-corrected chi connectivity index (χ1v) is 9.84. The first-order valence-electron chi connectivity index (χ1n) is 7.98. The lowest BCUT2D eigenvalue weighted by molar-refractivity contribution is 0.0185. The molecule has 2 aromatic carbocycles. The number of ether oxygens (including phenoxy) is 1. The molecule has 1 aliphatic rings. The van der Waals surface area contributed by atoms with Crippen molar-refractivity contribution in [2.75, 3.05) is 13.7 Å². The van der Waals surface area contributed by atoms with Crippen LogP contribution >= 0.6 is 11.6 Å². The molecule has 1 saturated carbocycles. The Kier molecular flexibility index (Phi) is 5.06. The minimum Gasteiger partial charge on any atom is -0.495 e. The quantitative estimate of drug-likeness (QED) is 0.773. The van der Waals surface area contributed by atoms with Gasteiger partial charge in [0.05, 0.1) is 7.11 Å². The highest BCUT2D eigenvalue weighted by Crippen LogP contribution is 2.45. The summed E-state index contributed by atoms with van der Waals surface area (Å²) in [5.41, 5.74) is -0.529. The van der Waals surface area contributed by atoms with E-state index in [1.165, 1.54) is 19.2 Å². The van der Waals surface area contributed by atoms with Gasteiger partial charge in [-0.05, 0) is 42.5 Å². The van der Waals surface area contributed by atoms with Gasteiger partial charge in [-0.1, -0.05) is 41.9 Å². The number of hydrogen-bond acceptors (Lipinski definition) is 4. The highest BCUT2D eigenvalue weighted by molar-refractivity contribution is 7.89. The highest BCUT2D eigenvalue weighted by Gasteiger charge is 2.45. The second-order valence-electron chi connectivity index (χ2n) is 6.18. The first-order chi connectivity index (χ1) is 11.9. The van der Waals surface area contributed by atoms with Crippen LogP contribution in [0.1, 0.15) is 18.4 Å². The molecule has 0 bridgehead atoms. The van der Waals surface area contributed by atoms with Crippen molar-refractivity contribution in [1.82, 2.24) is 4.72 Å². The number of nitrogens with one attached hydrogen (secondary N) is 1. The molecule has 134 valence electrons. The summed E-state index contributed by atoms with van der Waals surface area (Å²) in [4.78, 5) is -0.0475. The van der Waals surface area contributed by atoms with Crippen LogP contribution in [-0.4, -0.2) is 27.2 Å². The molecule has 1 unspecified atom stereocenters. The minimum atomic E-state index is -3.89. The van der Waals surface area contributed by atoms with E-state index in [2.05, 4.69) is 4.72 Å². The second-order valence-corrected chi connectivity index (χ2v) is 8.36. The molecule has 1 fully saturated rings. The van der Waals surface area contributed by atoms with Gasteiger partial charge in [0.2, 0.25) is 10.0 Å². The third kappa shape index (κ3) is 3.82. The van der Waals surface area contributed by atoms with Crippen molar-refractivity contribution in [3.63, 3.8) is 0 Å². The summed E-state index contributed by atoms with van der Waals surface area (Å²) in [6, 6.07) is 13.5. The van der Waals surface area contributed by atoms with Gasteiger partial charge in [0.15, 0.2) is 0 Å². The van der Waals surface area contributed by atoms with Crippen LogP contribution in [0, 0.1) is 5.92 Å². The topological polar surface area (TPSA) is 75.6 Å². The van der Waals surface area contributed by atoms with Gasteiger partial charge in [-0.25, -0.2) is 13.1 Å². The number of sulfonamides is 1. The summed E-state index contributed by atoms with van der Waals surface area (Å²) >= 11 is 5.93. The first kappa shape index (κ1) is 18.2. The van der Waals surface area contributed by atoms with E-state index >= 15 is 0 Å². The van der Waals surface area contributed by atoms with Crippen LogP contribution in [0.15, 0.2) is 53.4 Å². The van der Waals surface area contributed by atoms with E-state index in [0.717, 1.165) is 12.8 Å². The van der Waals surface area contributed by atoms with Crippen LogP contribution in [0.4, 0.5) is 0 Å². The van der Waals surface area contributed by atoms with E-state index in [4.69, 9.17) is 16.3 Å². The Bertz CT molecular complexity index is 853. The zero-order valence-electron chi connectivity index (χ0n) is 13.8. The lowest BCUT2D eigenvalue weighted by Crippen LogP contribution is -2.42. The Morgan fingerprint density at radius 3 is 2.52 bits per heavy atom. The molecule has 2 aromatic rings. The Morgan fingerprint density at radius 1 is 1.24 bits per heavy atom. The number of halogens is 1. The number of benzene rings is 2. The van der Waals surface area contributed by atoms with Gasteiger partial charge in [0, 0.05) is 11.6 Å². The van der Waals surface area contributed by atoms with Gasteiger partial charge in [0.1, 0.15) is 16.2 Å². The van der Waals surface area contributed by atoms with Crippen molar-refractivity contribution in [2.45, 2.75) is 23.3 Å². The van der Waals surface area contributed by atoms with E-state index in [1.807, 2.05) is 30.3 Å². The summed E-state index contributed by atoms with van der Waals surface area (Å²) in [5.74, 6) is 0.241. The fourth-order valence-corrected chi connectivity index (χ4v) is 4.41. The molecule has 7 heteroatoms. The zero-order chi connectivity index (χ0) is 18.1. The second kappa shape index (κ2) is 6.96. The lowest BCUT2D eigenvalue weighted by atomic mass is 9.89. The molecule has 0 aliphatic heterocycles. The molecule has 2 N–H and O–H groups in total. The van der Waals surface area contributed by atoms with Crippen LogP contribution in [0.25, 0.3) is 0 Å². The molecule has 0 heterocycles. The van der Waals surface area contributed by atoms with E-state index < -0.39 is 15.6 Å². The van der Waals surface area contributed by atoms with Crippen LogP contribution in [-0.2, 0) is 15.6 Å². The maximum Gasteiger partial charge on any atom is 0.244 e. The van der Waals surface area contributed by atoms with Crippen molar-refractivity contribution >= 4 is 21.6 Å². The van der Waals surface area contributed by atoms with Gasteiger partial charge in [-0.2, -0.15) is 0 Å². The minimum absolute atomic E-state index is 0.0406. The Hall–Kier alpha value is -1.60. The molecule has 0 aromatic heterocycles. The van der Waals surface area contributed by atoms with Gasteiger partial charge in [-0.15, -0.1) is 0 Å². The summed E-state index contributed by atoms with van der Waals surface area (Å²) in [6.45, 7) is -0.111. The van der Waals surface area contributed by atoms with Crippen LogP contribution in [0.3, 0.4) is 0 Å². The van der Waals surface area contributed by atoms with Gasteiger partial charge < -0.3 is 9.84 Å². The number of hydrogen-bond donors (Lipinski definition) is 2. The largest absolute Gasteiger partial charge is 0.495 e. The lowest BCUT2D eigenvalue weighted by Gasteiger charge is -2.29. The van der Waals surface area contributed by atoms with Crippen LogP contribution in [0.5, 0.6) is 5.75 Å². The normalized spacial score (nSPS) is 17.1. The van der Waals surface area contributed by atoms with E-state index in [0.29, 0.717) is 10.6 Å². The Balaban J connectivity index is 1.87. The van der Waals surface area contributed by atoms with Crippen molar-refractivity contribution in [2.24, 2.45) is 5.92 Å². The average Bonchev–Trinajstić information content (AvgIpc) is 3.46. The molecule has 0 saturated heterocycles. The molecule has 0 spiro atoms. The molecule has 0 amide bonds. The maximum absolute atomic E-state index is 12.7.